The second kappa shape index (κ2) is 8.56. The van der Waals surface area contributed by atoms with Crippen molar-refractivity contribution in [2.24, 2.45) is 0 Å². The van der Waals surface area contributed by atoms with E-state index in [1.807, 2.05) is 18.4 Å². The number of halogens is 3. The van der Waals surface area contributed by atoms with Crippen LogP contribution in [0.25, 0.3) is 6.08 Å². The van der Waals surface area contributed by atoms with Gasteiger partial charge >= 0.3 is 0 Å². The highest BCUT2D eigenvalue weighted by Crippen LogP contribution is 2.22. The maximum atomic E-state index is 13.7. The van der Waals surface area contributed by atoms with E-state index in [0.29, 0.717) is 24.8 Å². The van der Waals surface area contributed by atoms with Gasteiger partial charge in [0.15, 0.2) is 17.5 Å². The van der Waals surface area contributed by atoms with Crippen LogP contribution >= 0.6 is 0 Å². The number of ether oxygens (including phenoxy) is 1. The third kappa shape index (κ3) is 4.38. The number of methoxy groups -OCH3 is 1. The molecule has 0 aliphatic carbocycles. The zero-order valence-electron chi connectivity index (χ0n) is 15.1. The lowest BCUT2D eigenvalue weighted by Crippen LogP contribution is -2.15. The van der Waals surface area contributed by atoms with Crippen molar-refractivity contribution < 1.29 is 22.7 Å². The lowest BCUT2D eigenvalue weighted by molar-refractivity contribution is -0.112. The van der Waals surface area contributed by atoms with Gasteiger partial charge in [0.1, 0.15) is 11.6 Å². The number of aromatic nitrogens is 1. The van der Waals surface area contributed by atoms with Crippen LogP contribution in [0.5, 0.6) is 0 Å². The predicted octanol–water partition coefficient (Wildman–Crippen LogP) is 3.71. The molecule has 0 unspecified atom stereocenters. The Kier molecular flexibility index (Phi) is 6.42. The molecule has 0 bridgehead atoms. The number of rotatable bonds is 6. The number of aryl methyl sites for hydroxylation is 1. The van der Waals surface area contributed by atoms with Gasteiger partial charge in [0, 0.05) is 25.0 Å². The number of hydrogen-bond donors (Lipinski definition) is 1. The Labute approximate surface area is 154 Å². The van der Waals surface area contributed by atoms with Gasteiger partial charge in [-0.1, -0.05) is 0 Å². The molecule has 0 aliphatic rings. The third-order valence-corrected chi connectivity index (χ3v) is 4.08. The average Bonchev–Trinajstić information content (AvgIpc) is 2.91. The molecule has 1 aromatic heterocycles. The smallest absolute Gasteiger partial charge is 0.266 e. The molecule has 0 aliphatic heterocycles. The number of nitrogens with zero attached hydrogens (tertiary/aromatic N) is 2. The van der Waals surface area contributed by atoms with E-state index >= 15 is 0 Å². The molecule has 0 spiro atoms. The van der Waals surface area contributed by atoms with E-state index in [9.17, 15) is 23.2 Å². The van der Waals surface area contributed by atoms with Crippen molar-refractivity contribution in [1.82, 2.24) is 4.57 Å². The van der Waals surface area contributed by atoms with Gasteiger partial charge in [-0.3, -0.25) is 4.79 Å². The molecule has 27 heavy (non-hydrogen) atoms. The number of carbonyl (C=O) groups excluding carboxylic acids is 1. The summed E-state index contributed by atoms with van der Waals surface area (Å²) < 4.78 is 47.0. The van der Waals surface area contributed by atoms with E-state index in [0.717, 1.165) is 17.5 Å². The molecule has 5 nitrogen and oxygen atoms in total. The van der Waals surface area contributed by atoms with Crippen molar-refractivity contribution in [3.63, 3.8) is 0 Å². The number of amides is 1. The predicted molar refractivity (Wildman–Crippen MR) is 94.3 cm³/mol. The van der Waals surface area contributed by atoms with Crippen molar-refractivity contribution in [3.05, 3.63) is 58.2 Å². The Morgan fingerprint density at radius 1 is 1.30 bits per heavy atom. The molecule has 1 amide bonds. The normalized spacial score (nSPS) is 11.4. The average molecular weight is 377 g/mol. The first-order chi connectivity index (χ1) is 12.8. The van der Waals surface area contributed by atoms with Crippen LogP contribution in [0.4, 0.5) is 18.9 Å². The molecule has 0 saturated heterocycles. The Balaban J connectivity index is 2.30. The standard InChI is InChI=1S/C19H18F3N3O2/c1-11-8-13(12(2)25(11)6-7-27-3)9-14(10-23)19(26)24-16-5-4-15(20)17(21)18(16)22/h4-5,8-9H,6-7H2,1-3H3,(H,24,26). The minimum absolute atomic E-state index is 0.300. The van der Waals surface area contributed by atoms with Gasteiger partial charge < -0.3 is 14.6 Å². The first-order valence-corrected chi connectivity index (χ1v) is 8.02. The molecule has 2 aromatic rings. The number of nitriles is 1. The molecule has 1 heterocycles. The van der Waals surface area contributed by atoms with Crippen molar-refractivity contribution in [1.29, 1.82) is 5.26 Å². The SMILES string of the molecule is COCCn1c(C)cc(C=C(C#N)C(=O)Nc2ccc(F)c(F)c2F)c1C. The summed E-state index contributed by atoms with van der Waals surface area (Å²) in [5, 5.41) is 11.4. The van der Waals surface area contributed by atoms with E-state index in [-0.39, 0.29) is 5.57 Å². The number of hydrogen-bond acceptors (Lipinski definition) is 3. The highest BCUT2D eigenvalue weighted by atomic mass is 19.2. The summed E-state index contributed by atoms with van der Waals surface area (Å²) in [6.45, 7) is 4.82. The highest BCUT2D eigenvalue weighted by molar-refractivity contribution is 6.09. The van der Waals surface area contributed by atoms with Crippen molar-refractivity contribution in [3.8, 4) is 6.07 Å². The molecular weight excluding hydrogens is 359 g/mol. The van der Waals surface area contributed by atoms with Crippen molar-refractivity contribution in [2.75, 3.05) is 19.0 Å². The molecule has 0 atom stereocenters. The molecular formula is C19H18F3N3O2. The Morgan fingerprint density at radius 2 is 2.00 bits per heavy atom. The van der Waals surface area contributed by atoms with Crippen LogP contribution < -0.4 is 5.32 Å². The largest absolute Gasteiger partial charge is 0.383 e. The van der Waals surface area contributed by atoms with Crippen LogP contribution in [-0.2, 0) is 16.1 Å². The molecule has 142 valence electrons. The Hall–Kier alpha value is -3.05. The van der Waals surface area contributed by atoms with Gasteiger partial charge in [-0.2, -0.15) is 5.26 Å². The van der Waals surface area contributed by atoms with Crippen LogP contribution in [0.15, 0.2) is 23.8 Å². The first-order valence-electron chi connectivity index (χ1n) is 8.02. The fourth-order valence-electron chi connectivity index (χ4n) is 2.62. The van der Waals surface area contributed by atoms with Gasteiger partial charge in [0.25, 0.3) is 5.91 Å². The van der Waals surface area contributed by atoms with Crippen LogP contribution in [0.3, 0.4) is 0 Å². The van der Waals surface area contributed by atoms with Crippen molar-refractivity contribution >= 4 is 17.7 Å². The van der Waals surface area contributed by atoms with Gasteiger partial charge in [-0.05, 0) is 43.7 Å². The minimum atomic E-state index is -1.70. The summed E-state index contributed by atoms with van der Waals surface area (Å²) >= 11 is 0. The third-order valence-electron chi connectivity index (χ3n) is 4.08. The van der Waals surface area contributed by atoms with E-state index in [1.54, 1.807) is 19.2 Å². The number of nitrogens with one attached hydrogen (secondary N) is 1. The zero-order chi connectivity index (χ0) is 20.1. The number of carbonyl (C=O) groups is 1. The molecule has 0 fully saturated rings. The first kappa shape index (κ1) is 20.3. The van der Waals surface area contributed by atoms with Gasteiger partial charge in [0.05, 0.1) is 12.3 Å². The number of benzene rings is 1. The summed E-state index contributed by atoms with van der Waals surface area (Å²) in [5.41, 5.74) is 1.53. The van der Waals surface area contributed by atoms with Gasteiger partial charge in [0.2, 0.25) is 0 Å². The van der Waals surface area contributed by atoms with E-state index in [2.05, 4.69) is 5.32 Å². The Morgan fingerprint density at radius 3 is 2.63 bits per heavy atom. The topological polar surface area (TPSA) is 67.0 Å². The molecule has 0 radical (unpaired) electrons. The maximum absolute atomic E-state index is 13.7. The van der Waals surface area contributed by atoms with Crippen molar-refractivity contribution in [2.45, 2.75) is 20.4 Å². The quantitative estimate of drug-likeness (QED) is 0.474. The summed E-state index contributed by atoms with van der Waals surface area (Å²) in [6, 6.07) is 5.11. The monoisotopic (exact) mass is 377 g/mol. The van der Waals surface area contributed by atoms with Crippen LogP contribution in [0, 0.1) is 42.6 Å². The van der Waals surface area contributed by atoms with Crippen LogP contribution in [0.2, 0.25) is 0 Å². The number of anilines is 1. The molecule has 0 saturated carbocycles. The van der Waals surface area contributed by atoms with Crippen LogP contribution in [0.1, 0.15) is 17.0 Å². The van der Waals surface area contributed by atoms with Gasteiger partial charge in [-0.15, -0.1) is 0 Å². The summed E-state index contributed by atoms with van der Waals surface area (Å²) in [4.78, 5) is 12.3. The van der Waals surface area contributed by atoms with E-state index < -0.39 is 29.0 Å². The second-order valence-corrected chi connectivity index (χ2v) is 5.82. The molecule has 1 N–H and O–H groups in total. The van der Waals surface area contributed by atoms with E-state index in [4.69, 9.17) is 4.74 Å². The fourth-order valence-corrected chi connectivity index (χ4v) is 2.62. The lowest BCUT2D eigenvalue weighted by atomic mass is 10.1. The molecule has 8 heteroatoms. The minimum Gasteiger partial charge on any atom is -0.383 e. The molecule has 1 aromatic carbocycles. The zero-order valence-corrected chi connectivity index (χ0v) is 15.1. The van der Waals surface area contributed by atoms with Gasteiger partial charge in [-0.25, -0.2) is 13.2 Å². The summed E-state index contributed by atoms with van der Waals surface area (Å²) in [5.74, 6) is -5.52. The lowest BCUT2D eigenvalue weighted by Gasteiger charge is -2.08. The van der Waals surface area contributed by atoms with E-state index in [1.165, 1.54) is 6.08 Å². The Bertz CT molecular complexity index is 943. The summed E-state index contributed by atoms with van der Waals surface area (Å²) in [6.07, 6.45) is 1.36. The fraction of sp³-hybridized carbons (Fsp3) is 0.263. The second-order valence-electron chi connectivity index (χ2n) is 5.82. The highest BCUT2D eigenvalue weighted by Gasteiger charge is 2.18. The molecule has 2 rings (SSSR count). The summed E-state index contributed by atoms with van der Waals surface area (Å²) in [7, 11) is 1.59. The maximum Gasteiger partial charge on any atom is 0.266 e. The van der Waals surface area contributed by atoms with Crippen LogP contribution in [-0.4, -0.2) is 24.2 Å².